The van der Waals surface area contributed by atoms with Crippen molar-refractivity contribution in [3.8, 4) is 0 Å². The second kappa shape index (κ2) is 11.1. The summed E-state index contributed by atoms with van der Waals surface area (Å²) in [5.41, 5.74) is 5.24. The van der Waals surface area contributed by atoms with Crippen molar-refractivity contribution >= 4 is 33.7 Å². The van der Waals surface area contributed by atoms with Crippen molar-refractivity contribution in [1.82, 2.24) is 19.8 Å². The first kappa shape index (κ1) is 22.3. The number of nitrogens with zero attached hydrogens (tertiary/aromatic N) is 3. The number of thioether (sulfide) groups is 1. The van der Waals surface area contributed by atoms with Gasteiger partial charge in [0.15, 0.2) is 5.96 Å². The summed E-state index contributed by atoms with van der Waals surface area (Å²) in [6.45, 7) is 6.04. The Bertz CT molecular complexity index is 599. The lowest BCUT2D eigenvalue weighted by Crippen LogP contribution is -2.50. The number of hydrogen-bond donors (Lipinski definition) is 3. The molecule has 0 spiro atoms. The van der Waals surface area contributed by atoms with Gasteiger partial charge >= 0.3 is 0 Å². The highest BCUT2D eigenvalue weighted by Gasteiger charge is 2.24. The number of sulfonamides is 1. The summed E-state index contributed by atoms with van der Waals surface area (Å²) < 4.78 is 26.4. The minimum Gasteiger partial charge on any atom is -0.369 e. The number of likely N-dealkylation sites (tertiary alicyclic amines) is 1. The van der Waals surface area contributed by atoms with E-state index in [4.69, 9.17) is 5.73 Å². The van der Waals surface area contributed by atoms with Crippen molar-refractivity contribution in [2.75, 3.05) is 63.1 Å². The SMILES string of the molecule is CCNC(=NCCS(=O)(=O)N1CCSCC1)NC1CCN(CC(N)=O)CC1. The van der Waals surface area contributed by atoms with E-state index in [0.29, 0.717) is 32.1 Å². The van der Waals surface area contributed by atoms with Crippen molar-refractivity contribution in [1.29, 1.82) is 0 Å². The third-order valence-electron chi connectivity index (χ3n) is 4.63. The van der Waals surface area contributed by atoms with E-state index in [1.165, 1.54) is 0 Å². The molecule has 0 aliphatic carbocycles. The maximum atomic E-state index is 12.4. The van der Waals surface area contributed by atoms with Gasteiger partial charge in [-0.15, -0.1) is 0 Å². The number of guanidine groups is 1. The highest BCUT2D eigenvalue weighted by atomic mass is 32.2. The number of piperidine rings is 1. The van der Waals surface area contributed by atoms with Gasteiger partial charge in [0.25, 0.3) is 0 Å². The topological polar surface area (TPSA) is 120 Å². The fourth-order valence-electron chi connectivity index (χ4n) is 3.20. The lowest BCUT2D eigenvalue weighted by molar-refractivity contribution is -0.119. The molecule has 156 valence electrons. The predicted octanol–water partition coefficient (Wildman–Crippen LogP) is -1.13. The minimum absolute atomic E-state index is 0.0330. The third-order valence-corrected chi connectivity index (χ3v) is 7.43. The van der Waals surface area contributed by atoms with Gasteiger partial charge in [-0.1, -0.05) is 0 Å². The Morgan fingerprint density at radius 1 is 1.22 bits per heavy atom. The quantitative estimate of drug-likeness (QED) is 0.336. The van der Waals surface area contributed by atoms with E-state index in [9.17, 15) is 13.2 Å². The number of hydrogen-bond acceptors (Lipinski definition) is 6. The zero-order chi connectivity index (χ0) is 19.7. The predicted molar refractivity (Wildman–Crippen MR) is 110 cm³/mol. The molecule has 0 bridgehead atoms. The smallest absolute Gasteiger partial charge is 0.231 e. The molecule has 2 saturated heterocycles. The molecule has 0 atom stereocenters. The number of nitrogens with two attached hydrogens (primary N) is 1. The van der Waals surface area contributed by atoms with E-state index in [0.717, 1.165) is 37.4 Å². The number of nitrogens with one attached hydrogen (secondary N) is 2. The average Bonchev–Trinajstić information content (AvgIpc) is 2.64. The number of aliphatic imine (C=N–C) groups is 1. The molecule has 2 fully saturated rings. The summed E-state index contributed by atoms with van der Waals surface area (Å²) in [6, 6.07) is 0.252. The van der Waals surface area contributed by atoms with Gasteiger partial charge in [0.2, 0.25) is 15.9 Å². The largest absolute Gasteiger partial charge is 0.369 e. The molecule has 9 nitrogen and oxygen atoms in total. The van der Waals surface area contributed by atoms with E-state index in [1.807, 2.05) is 11.8 Å². The molecule has 2 aliphatic rings. The summed E-state index contributed by atoms with van der Waals surface area (Å²) in [5.74, 6) is 2.10. The summed E-state index contributed by atoms with van der Waals surface area (Å²) in [6.07, 6.45) is 1.78. The van der Waals surface area contributed by atoms with Crippen LogP contribution in [0.4, 0.5) is 0 Å². The number of carbonyl (C=O) groups is 1. The Morgan fingerprint density at radius 3 is 2.48 bits per heavy atom. The van der Waals surface area contributed by atoms with E-state index in [2.05, 4.69) is 15.6 Å². The molecular weight excluding hydrogens is 388 g/mol. The molecule has 2 aliphatic heterocycles. The van der Waals surface area contributed by atoms with Gasteiger partial charge < -0.3 is 16.4 Å². The van der Waals surface area contributed by atoms with Gasteiger partial charge in [0.05, 0.1) is 18.8 Å². The Hall–Kier alpha value is -1.04. The van der Waals surface area contributed by atoms with Crippen LogP contribution < -0.4 is 16.4 Å². The number of rotatable bonds is 8. The molecule has 0 aromatic heterocycles. The Kier molecular flexibility index (Phi) is 9.13. The highest BCUT2D eigenvalue weighted by Crippen LogP contribution is 2.13. The van der Waals surface area contributed by atoms with Crippen molar-refractivity contribution in [3.05, 3.63) is 0 Å². The van der Waals surface area contributed by atoms with Crippen molar-refractivity contribution in [3.63, 3.8) is 0 Å². The van der Waals surface area contributed by atoms with Crippen molar-refractivity contribution in [2.45, 2.75) is 25.8 Å². The third kappa shape index (κ3) is 7.84. The molecule has 0 aromatic rings. The van der Waals surface area contributed by atoms with Crippen molar-refractivity contribution < 1.29 is 13.2 Å². The second-order valence-corrected chi connectivity index (χ2v) is 10.1. The Morgan fingerprint density at radius 2 is 1.89 bits per heavy atom. The van der Waals surface area contributed by atoms with E-state index in [-0.39, 0.29) is 24.2 Å². The van der Waals surface area contributed by atoms with Crippen LogP contribution in [0.2, 0.25) is 0 Å². The second-order valence-electron chi connectivity index (χ2n) is 6.75. The molecule has 0 unspecified atom stereocenters. The Labute approximate surface area is 166 Å². The molecule has 0 aromatic carbocycles. The van der Waals surface area contributed by atoms with Gasteiger partial charge in [-0.05, 0) is 19.8 Å². The average molecular weight is 421 g/mol. The monoisotopic (exact) mass is 420 g/mol. The van der Waals surface area contributed by atoms with Gasteiger partial charge in [-0.2, -0.15) is 11.8 Å². The van der Waals surface area contributed by atoms with Crippen molar-refractivity contribution in [2.24, 2.45) is 10.7 Å². The highest BCUT2D eigenvalue weighted by molar-refractivity contribution is 7.99. The fourth-order valence-corrected chi connectivity index (χ4v) is 5.65. The zero-order valence-electron chi connectivity index (χ0n) is 16.0. The lowest BCUT2D eigenvalue weighted by Gasteiger charge is -2.32. The van der Waals surface area contributed by atoms with Crippen LogP contribution in [0, 0.1) is 0 Å². The first-order valence-electron chi connectivity index (χ1n) is 9.52. The van der Waals surface area contributed by atoms with Crippen LogP contribution >= 0.6 is 11.8 Å². The number of amides is 1. The van der Waals surface area contributed by atoms with E-state index >= 15 is 0 Å². The Balaban J connectivity index is 1.81. The van der Waals surface area contributed by atoms with Gasteiger partial charge in [-0.25, -0.2) is 12.7 Å². The zero-order valence-corrected chi connectivity index (χ0v) is 17.7. The molecule has 2 heterocycles. The molecular formula is C16H32N6O3S2. The number of carbonyl (C=O) groups excluding carboxylic acids is 1. The summed E-state index contributed by atoms with van der Waals surface area (Å²) in [4.78, 5) is 17.5. The van der Waals surface area contributed by atoms with E-state index < -0.39 is 10.0 Å². The molecule has 11 heteroatoms. The first-order chi connectivity index (χ1) is 12.9. The molecule has 27 heavy (non-hydrogen) atoms. The van der Waals surface area contributed by atoms with Crippen LogP contribution in [0.25, 0.3) is 0 Å². The van der Waals surface area contributed by atoms with Gasteiger partial charge in [-0.3, -0.25) is 14.7 Å². The van der Waals surface area contributed by atoms with Crippen LogP contribution in [0.15, 0.2) is 4.99 Å². The van der Waals surface area contributed by atoms with Gasteiger partial charge in [0.1, 0.15) is 0 Å². The van der Waals surface area contributed by atoms with Crippen LogP contribution in [0.1, 0.15) is 19.8 Å². The normalized spacial score (nSPS) is 21.1. The van der Waals surface area contributed by atoms with Crippen LogP contribution in [0.3, 0.4) is 0 Å². The van der Waals surface area contributed by atoms with E-state index in [1.54, 1.807) is 16.1 Å². The summed E-state index contributed by atoms with van der Waals surface area (Å²) in [7, 11) is -3.24. The maximum absolute atomic E-state index is 12.4. The molecule has 0 radical (unpaired) electrons. The number of primary amides is 1. The maximum Gasteiger partial charge on any atom is 0.231 e. The standard InChI is InChI=1S/C16H32N6O3S2/c1-2-18-16(20-14-3-6-21(7-4-14)13-15(17)23)19-5-12-27(24,25)22-8-10-26-11-9-22/h14H,2-13H2,1H3,(H2,17,23)(H2,18,19,20). The molecule has 0 saturated carbocycles. The molecule has 4 N–H and O–H groups in total. The molecule has 2 rings (SSSR count). The van der Waals surface area contributed by atoms with Gasteiger partial charge in [0, 0.05) is 50.3 Å². The summed E-state index contributed by atoms with van der Waals surface area (Å²) >= 11 is 1.79. The minimum atomic E-state index is -3.24. The first-order valence-corrected chi connectivity index (χ1v) is 12.3. The summed E-state index contributed by atoms with van der Waals surface area (Å²) in [5, 5.41) is 6.56. The van der Waals surface area contributed by atoms with Crippen LogP contribution in [0.5, 0.6) is 0 Å². The fraction of sp³-hybridized carbons (Fsp3) is 0.875. The van der Waals surface area contributed by atoms with Crippen LogP contribution in [-0.4, -0.2) is 98.6 Å². The van der Waals surface area contributed by atoms with Crippen LogP contribution in [-0.2, 0) is 14.8 Å². The lowest BCUT2D eigenvalue weighted by atomic mass is 10.1. The molecule has 1 amide bonds.